The predicted octanol–water partition coefficient (Wildman–Crippen LogP) is 3.05. The fraction of sp³-hybridized carbons (Fsp3) is 0.231. The lowest BCUT2D eigenvalue weighted by atomic mass is 9.84. The Morgan fingerprint density at radius 2 is 2.14 bits per heavy atom. The molecule has 1 unspecified atom stereocenters. The zero-order chi connectivity index (χ0) is 9.38. The number of para-hydroxylation sites is 1. The second kappa shape index (κ2) is 3.02. The molecule has 0 radical (unpaired) electrons. The fourth-order valence-electron chi connectivity index (χ4n) is 2.21. The molecule has 0 bridgehead atoms. The average Bonchev–Trinajstić information content (AvgIpc) is 2.29. The van der Waals surface area contributed by atoms with Crippen LogP contribution in [0.3, 0.4) is 0 Å². The van der Waals surface area contributed by atoms with Crippen LogP contribution in [0.2, 0.25) is 0 Å². The quantitative estimate of drug-likeness (QED) is 0.602. The SMILES string of the molecule is C1=CCC2C(=C1)COc1ccccc12. The van der Waals surface area contributed by atoms with Crippen molar-refractivity contribution in [1.29, 1.82) is 0 Å². The minimum atomic E-state index is 0.560. The van der Waals surface area contributed by atoms with Gasteiger partial charge in [-0.2, -0.15) is 0 Å². The van der Waals surface area contributed by atoms with Gasteiger partial charge >= 0.3 is 0 Å². The lowest BCUT2D eigenvalue weighted by Gasteiger charge is -2.29. The van der Waals surface area contributed by atoms with E-state index in [4.69, 9.17) is 4.74 Å². The van der Waals surface area contributed by atoms with Gasteiger partial charge in [-0.3, -0.25) is 0 Å². The van der Waals surface area contributed by atoms with Crippen LogP contribution in [0, 0.1) is 0 Å². The molecular weight excluding hydrogens is 172 g/mol. The van der Waals surface area contributed by atoms with Gasteiger partial charge in [0.25, 0.3) is 0 Å². The standard InChI is InChI=1S/C13H12O/c1-2-6-11-10(5-1)9-14-13-8-4-3-7-12(11)13/h1-5,7-8,11H,6,9H2. The van der Waals surface area contributed by atoms with Gasteiger partial charge in [-0.1, -0.05) is 36.4 Å². The van der Waals surface area contributed by atoms with Crippen LogP contribution in [-0.4, -0.2) is 6.61 Å². The van der Waals surface area contributed by atoms with Gasteiger partial charge in [-0.25, -0.2) is 0 Å². The minimum Gasteiger partial charge on any atom is -0.489 e. The van der Waals surface area contributed by atoms with Gasteiger partial charge in [0.1, 0.15) is 12.4 Å². The largest absolute Gasteiger partial charge is 0.489 e. The zero-order valence-electron chi connectivity index (χ0n) is 7.94. The molecule has 0 fully saturated rings. The highest BCUT2D eigenvalue weighted by molar-refractivity contribution is 5.46. The second-order valence-corrected chi connectivity index (χ2v) is 3.78. The number of ether oxygens (including phenoxy) is 1. The van der Waals surface area contributed by atoms with E-state index in [9.17, 15) is 0 Å². The molecule has 1 heteroatoms. The molecule has 1 aromatic carbocycles. The fourth-order valence-corrected chi connectivity index (χ4v) is 2.21. The average molecular weight is 184 g/mol. The molecule has 3 rings (SSSR count). The first-order valence-corrected chi connectivity index (χ1v) is 5.02. The van der Waals surface area contributed by atoms with Crippen molar-refractivity contribution in [2.45, 2.75) is 12.3 Å². The van der Waals surface area contributed by atoms with E-state index in [1.54, 1.807) is 0 Å². The lowest BCUT2D eigenvalue weighted by Crippen LogP contribution is -2.18. The van der Waals surface area contributed by atoms with Crippen molar-refractivity contribution in [2.24, 2.45) is 0 Å². The monoisotopic (exact) mass is 184 g/mol. The van der Waals surface area contributed by atoms with Crippen molar-refractivity contribution >= 4 is 0 Å². The van der Waals surface area contributed by atoms with Gasteiger partial charge in [0.15, 0.2) is 0 Å². The summed E-state index contributed by atoms with van der Waals surface area (Å²) in [6, 6.07) is 8.35. The van der Waals surface area contributed by atoms with Gasteiger partial charge in [-0.05, 0) is 18.1 Å². The van der Waals surface area contributed by atoms with Gasteiger partial charge in [0.2, 0.25) is 0 Å². The molecule has 1 nitrogen and oxygen atoms in total. The van der Waals surface area contributed by atoms with Crippen molar-refractivity contribution in [3.05, 3.63) is 53.6 Å². The van der Waals surface area contributed by atoms with Gasteiger partial charge in [0, 0.05) is 11.5 Å². The van der Waals surface area contributed by atoms with E-state index in [0.29, 0.717) is 5.92 Å². The van der Waals surface area contributed by atoms with Crippen molar-refractivity contribution in [3.63, 3.8) is 0 Å². The van der Waals surface area contributed by atoms with E-state index < -0.39 is 0 Å². The van der Waals surface area contributed by atoms with E-state index in [1.165, 1.54) is 11.1 Å². The minimum absolute atomic E-state index is 0.560. The number of hydrogen-bond donors (Lipinski definition) is 0. The van der Waals surface area contributed by atoms with Crippen LogP contribution >= 0.6 is 0 Å². The molecular formula is C13H12O. The van der Waals surface area contributed by atoms with E-state index in [2.05, 4.69) is 36.4 Å². The first kappa shape index (κ1) is 7.86. The molecule has 0 saturated carbocycles. The lowest BCUT2D eigenvalue weighted by molar-refractivity contribution is 0.318. The third kappa shape index (κ3) is 1.09. The molecule has 1 aliphatic carbocycles. The summed E-state index contributed by atoms with van der Waals surface area (Å²) in [5, 5.41) is 0. The summed E-state index contributed by atoms with van der Waals surface area (Å²) >= 11 is 0. The Hall–Kier alpha value is -1.50. The smallest absolute Gasteiger partial charge is 0.123 e. The molecule has 14 heavy (non-hydrogen) atoms. The highest BCUT2D eigenvalue weighted by Gasteiger charge is 2.25. The molecule has 0 amide bonds. The molecule has 70 valence electrons. The molecule has 0 spiro atoms. The van der Waals surface area contributed by atoms with Gasteiger partial charge in [0.05, 0.1) is 0 Å². The van der Waals surface area contributed by atoms with Crippen LogP contribution in [0.25, 0.3) is 0 Å². The molecule has 1 aliphatic heterocycles. The second-order valence-electron chi connectivity index (χ2n) is 3.78. The Balaban J connectivity index is 2.10. The van der Waals surface area contributed by atoms with Gasteiger partial charge in [-0.15, -0.1) is 0 Å². The Morgan fingerprint density at radius 1 is 1.21 bits per heavy atom. The highest BCUT2D eigenvalue weighted by atomic mass is 16.5. The Morgan fingerprint density at radius 3 is 3.14 bits per heavy atom. The molecule has 1 atom stereocenters. The number of benzene rings is 1. The Kier molecular flexibility index (Phi) is 1.69. The molecule has 0 aromatic heterocycles. The topological polar surface area (TPSA) is 9.23 Å². The molecule has 1 aromatic rings. The van der Waals surface area contributed by atoms with E-state index in [-0.39, 0.29) is 0 Å². The van der Waals surface area contributed by atoms with E-state index in [1.807, 2.05) is 6.07 Å². The third-order valence-corrected chi connectivity index (χ3v) is 2.95. The summed E-state index contributed by atoms with van der Waals surface area (Å²) in [6.07, 6.45) is 7.66. The van der Waals surface area contributed by atoms with Crippen LogP contribution in [0.15, 0.2) is 48.1 Å². The summed E-state index contributed by atoms with van der Waals surface area (Å²) in [7, 11) is 0. The van der Waals surface area contributed by atoms with Crippen LogP contribution in [-0.2, 0) is 0 Å². The predicted molar refractivity (Wildman–Crippen MR) is 56.5 cm³/mol. The molecule has 2 aliphatic rings. The van der Waals surface area contributed by atoms with Crippen LogP contribution in [0.4, 0.5) is 0 Å². The maximum absolute atomic E-state index is 5.69. The number of hydrogen-bond acceptors (Lipinski definition) is 1. The highest BCUT2D eigenvalue weighted by Crippen LogP contribution is 2.40. The van der Waals surface area contributed by atoms with Crippen LogP contribution in [0.1, 0.15) is 17.9 Å². The summed E-state index contributed by atoms with van der Waals surface area (Å²) < 4.78 is 5.69. The van der Waals surface area contributed by atoms with E-state index in [0.717, 1.165) is 18.8 Å². The Labute approximate surface area is 83.7 Å². The number of rotatable bonds is 0. The number of fused-ring (bicyclic) bond motifs is 3. The first-order chi connectivity index (χ1) is 6.95. The molecule has 0 saturated heterocycles. The first-order valence-electron chi connectivity index (χ1n) is 5.02. The van der Waals surface area contributed by atoms with Crippen LogP contribution < -0.4 is 4.74 Å². The van der Waals surface area contributed by atoms with Gasteiger partial charge < -0.3 is 4.74 Å². The van der Waals surface area contributed by atoms with Crippen molar-refractivity contribution in [1.82, 2.24) is 0 Å². The summed E-state index contributed by atoms with van der Waals surface area (Å²) in [4.78, 5) is 0. The molecule has 1 heterocycles. The summed E-state index contributed by atoms with van der Waals surface area (Å²) in [6.45, 7) is 0.756. The van der Waals surface area contributed by atoms with Crippen LogP contribution in [0.5, 0.6) is 5.75 Å². The maximum Gasteiger partial charge on any atom is 0.123 e. The van der Waals surface area contributed by atoms with E-state index >= 15 is 0 Å². The van der Waals surface area contributed by atoms with Crippen molar-refractivity contribution < 1.29 is 4.74 Å². The number of allylic oxidation sites excluding steroid dienone is 3. The van der Waals surface area contributed by atoms with Crippen molar-refractivity contribution in [2.75, 3.05) is 6.61 Å². The third-order valence-electron chi connectivity index (χ3n) is 2.95. The maximum atomic E-state index is 5.69. The van der Waals surface area contributed by atoms with Crippen molar-refractivity contribution in [3.8, 4) is 5.75 Å². The zero-order valence-corrected chi connectivity index (χ0v) is 7.94. The normalized spacial score (nSPS) is 23.1. The summed E-state index contributed by atoms with van der Waals surface area (Å²) in [5.74, 6) is 1.62. The summed E-state index contributed by atoms with van der Waals surface area (Å²) in [5.41, 5.74) is 2.75. The Bertz CT molecular complexity index is 415. The molecule has 0 N–H and O–H groups in total.